The SMILES string of the molecule is CC(OC(=O)C(NS(=O)(=O)c1ccc(Cl)cc1)C(C)C)C(=O)NC(N)=O. The van der Waals surface area contributed by atoms with Crippen LogP contribution < -0.4 is 15.8 Å². The van der Waals surface area contributed by atoms with E-state index in [4.69, 9.17) is 22.1 Å². The monoisotopic (exact) mass is 405 g/mol. The maximum absolute atomic E-state index is 12.4. The van der Waals surface area contributed by atoms with Crippen molar-refractivity contribution >= 4 is 39.5 Å². The Morgan fingerprint density at radius 1 is 1.12 bits per heavy atom. The van der Waals surface area contributed by atoms with Crippen molar-refractivity contribution in [2.24, 2.45) is 11.7 Å². The number of carbonyl (C=O) groups excluding carboxylic acids is 3. The van der Waals surface area contributed by atoms with Gasteiger partial charge in [-0.1, -0.05) is 25.4 Å². The third-order valence-electron chi connectivity index (χ3n) is 3.24. The van der Waals surface area contributed by atoms with Crippen LogP contribution in [0.15, 0.2) is 29.2 Å². The maximum atomic E-state index is 12.4. The van der Waals surface area contributed by atoms with E-state index >= 15 is 0 Å². The Hall–Kier alpha value is -2.17. The number of ether oxygens (including phenoxy) is 1. The van der Waals surface area contributed by atoms with Crippen LogP contribution >= 0.6 is 11.6 Å². The van der Waals surface area contributed by atoms with E-state index < -0.39 is 46.0 Å². The average molecular weight is 406 g/mol. The predicted octanol–water partition coefficient (Wildman–Crippen LogP) is 0.769. The van der Waals surface area contributed by atoms with Gasteiger partial charge in [0.05, 0.1) is 4.90 Å². The van der Waals surface area contributed by atoms with Gasteiger partial charge in [-0.25, -0.2) is 13.2 Å². The lowest BCUT2D eigenvalue weighted by Gasteiger charge is -2.22. The second-order valence-electron chi connectivity index (χ2n) is 5.73. The summed E-state index contributed by atoms with van der Waals surface area (Å²) in [6.07, 6.45) is -1.34. The van der Waals surface area contributed by atoms with Crippen molar-refractivity contribution in [3.05, 3.63) is 29.3 Å². The fraction of sp³-hybridized carbons (Fsp3) is 0.400. The molecule has 0 radical (unpaired) electrons. The Labute approximate surface area is 156 Å². The van der Waals surface area contributed by atoms with Crippen molar-refractivity contribution in [2.75, 3.05) is 0 Å². The Morgan fingerprint density at radius 3 is 2.12 bits per heavy atom. The van der Waals surface area contributed by atoms with Crippen LogP contribution in [0.1, 0.15) is 20.8 Å². The number of amides is 3. The van der Waals surface area contributed by atoms with Gasteiger partial charge in [0.15, 0.2) is 6.10 Å². The van der Waals surface area contributed by atoms with Crippen molar-refractivity contribution in [1.29, 1.82) is 0 Å². The molecule has 0 aliphatic rings. The third kappa shape index (κ3) is 6.28. The number of esters is 1. The van der Waals surface area contributed by atoms with Gasteiger partial charge < -0.3 is 10.5 Å². The lowest BCUT2D eigenvalue weighted by atomic mass is 10.1. The highest BCUT2D eigenvalue weighted by Gasteiger charge is 2.32. The van der Waals surface area contributed by atoms with Gasteiger partial charge in [-0.05, 0) is 37.1 Å². The number of carbonyl (C=O) groups is 3. The molecule has 1 aromatic rings. The number of imide groups is 1. The standard InChI is InChI=1S/C15H20ClN3O6S/c1-8(2)12(14(21)25-9(3)13(20)18-15(17)22)19-26(23,24)11-6-4-10(16)5-7-11/h4-9,12,19H,1-3H3,(H3,17,18,20,22). The first-order valence-corrected chi connectivity index (χ1v) is 9.39. The molecule has 11 heteroatoms. The normalized spacial score (nSPS) is 13.7. The zero-order chi connectivity index (χ0) is 20.1. The van der Waals surface area contributed by atoms with E-state index in [9.17, 15) is 22.8 Å². The van der Waals surface area contributed by atoms with E-state index in [-0.39, 0.29) is 4.90 Å². The highest BCUT2D eigenvalue weighted by Crippen LogP contribution is 2.16. The lowest BCUT2D eigenvalue weighted by Crippen LogP contribution is -2.48. The van der Waals surface area contributed by atoms with Crippen molar-refractivity contribution in [3.8, 4) is 0 Å². The largest absolute Gasteiger partial charge is 0.451 e. The molecule has 0 aliphatic carbocycles. The van der Waals surface area contributed by atoms with Crippen LogP contribution in [0.2, 0.25) is 5.02 Å². The van der Waals surface area contributed by atoms with Crippen molar-refractivity contribution in [2.45, 2.75) is 37.8 Å². The highest BCUT2D eigenvalue weighted by molar-refractivity contribution is 7.89. The summed E-state index contributed by atoms with van der Waals surface area (Å²) in [7, 11) is -4.03. The molecule has 1 aromatic carbocycles. The smallest absolute Gasteiger partial charge is 0.325 e. The molecule has 2 atom stereocenters. The van der Waals surface area contributed by atoms with Gasteiger partial charge in [-0.15, -0.1) is 0 Å². The zero-order valence-corrected chi connectivity index (χ0v) is 15.9. The number of halogens is 1. The maximum Gasteiger partial charge on any atom is 0.325 e. The number of nitrogens with two attached hydrogens (primary N) is 1. The number of benzene rings is 1. The minimum absolute atomic E-state index is 0.0835. The van der Waals surface area contributed by atoms with Crippen LogP contribution in [0, 0.1) is 5.92 Å². The van der Waals surface area contributed by atoms with E-state index in [2.05, 4.69) is 4.72 Å². The topological polar surface area (TPSA) is 145 Å². The van der Waals surface area contributed by atoms with Gasteiger partial charge >= 0.3 is 12.0 Å². The van der Waals surface area contributed by atoms with E-state index in [1.54, 1.807) is 19.2 Å². The number of urea groups is 1. The number of rotatable bonds is 7. The molecule has 0 saturated heterocycles. The van der Waals surface area contributed by atoms with Crippen molar-refractivity contribution < 1.29 is 27.5 Å². The van der Waals surface area contributed by atoms with Crippen molar-refractivity contribution in [3.63, 3.8) is 0 Å². The third-order valence-corrected chi connectivity index (χ3v) is 4.94. The Kier molecular flexibility index (Phi) is 7.54. The van der Waals surface area contributed by atoms with Gasteiger partial charge in [0.2, 0.25) is 10.0 Å². The van der Waals surface area contributed by atoms with Crippen LogP contribution in [0.4, 0.5) is 4.79 Å². The number of sulfonamides is 1. The second-order valence-corrected chi connectivity index (χ2v) is 7.88. The van der Waals surface area contributed by atoms with Crippen LogP contribution in [0.5, 0.6) is 0 Å². The van der Waals surface area contributed by atoms with Gasteiger partial charge in [0.25, 0.3) is 5.91 Å². The molecule has 0 fully saturated rings. The molecule has 4 N–H and O–H groups in total. The summed E-state index contributed by atoms with van der Waals surface area (Å²) in [6.45, 7) is 4.43. The summed E-state index contributed by atoms with van der Waals surface area (Å²) in [5.74, 6) is -2.37. The first-order chi connectivity index (χ1) is 11.9. The van der Waals surface area contributed by atoms with Gasteiger partial charge in [0.1, 0.15) is 6.04 Å². The quantitative estimate of drug-likeness (QED) is 0.571. The molecule has 9 nitrogen and oxygen atoms in total. The first kappa shape index (κ1) is 21.9. The summed E-state index contributed by atoms with van der Waals surface area (Å²) in [5.41, 5.74) is 4.82. The average Bonchev–Trinajstić information content (AvgIpc) is 2.52. The molecule has 26 heavy (non-hydrogen) atoms. The number of hydrogen-bond acceptors (Lipinski definition) is 6. The summed E-state index contributed by atoms with van der Waals surface area (Å²) in [4.78, 5) is 34.4. The second kappa shape index (κ2) is 8.97. The summed E-state index contributed by atoms with van der Waals surface area (Å²) >= 11 is 5.73. The van der Waals surface area contributed by atoms with Crippen molar-refractivity contribution in [1.82, 2.24) is 10.0 Å². The lowest BCUT2D eigenvalue weighted by molar-refractivity contribution is -0.157. The zero-order valence-electron chi connectivity index (χ0n) is 14.4. The molecule has 0 bridgehead atoms. The molecule has 0 aromatic heterocycles. The fourth-order valence-corrected chi connectivity index (χ4v) is 3.29. The molecular weight excluding hydrogens is 386 g/mol. The van der Waals surface area contributed by atoms with E-state index in [0.717, 1.165) is 0 Å². The summed E-state index contributed by atoms with van der Waals surface area (Å²) in [5, 5.41) is 2.13. The van der Waals surface area contributed by atoms with E-state index in [1.807, 2.05) is 0 Å². The Balaban J connectivity index is 2.91. The van der Waals surface area contributed by atoms with Gasteiger partial charge in [-0.3, -0.25) is 14.9 Å². The molecule has 0 heterocycles. The van der Waals surface area contributed by atoms with Crippen LogP contribution in [0.25, 0.3) is 0 Å². The van der Waals surface area contributed by atoms with E-state index in [1.165, 1.54) is 31.2 Å². The van der Waals surface area contributed by atoms with Gasteiger partial charge in [0, 0.05) is 5.02 Å². The van der Waals surface area contributed by atoms with Crippen LogP contribution in [-0.2, 0) is 24.3 Å². The molecule has 0 spiro atoms. The summed E-state index contributed by atoms with van der Waals surface area (Å²) < 4.78 is 32.0. The number of primary amides is 1. The molecule has 0 aliphatic heterocycles. The Bertz CT molecular complexity index is 779. The predicted molar refractivity (Wildman–Crippen MR) is 93.7 cm³/mol. The minimum Gasteiger partial charge on any atom is -0.451 e. The molecular formula is C15H20ClN3O6S. The highest BCUT2D eigenvalue weighted by atomic mass is 35.5. The molecule has 2 unspecified atom stereocenters. The van der Waals surface area contributed by atoms with Gasteiger partial charge in [-0.2, -0.15) is 4.72 Å². The van der Waals surface area contributed by atoms with Crippen LogP contribution in [0.3, 0.4) is 0 Å². The molecule has 0 saturated carbocycles. The molecule has 144 valence electrons. The van der Waals surface area contributed by atoms with E-state index in [0.29, 0.717) is 5.02 Å². The Morgan fingerprint density at radius 2 is 1.65 bits per heavy atom. The first-order valence-electron chi connectivity index (χ1n) is 7.52. The summed E-state index contributed by atoms with van der Waals surface area (Å²) in [6, 6.07) is 3.03. The molecule has 3 amide bonds. The number of hydrogen-bond donors (Lipinski definition) is 3. The molecule has 1 rings (SSSR count). The number of nitrogens with one attached hydrogen (secondary N) is 2. The minimum atomic E-state index is -4.03. The van der Waals surface area contributed by atoms with Crippen LogP contribution in [-0.4, -0.2) is 38.5 Å². The fourth-order valence-electron chi connectivity index (χ4n) is 1.83.